The highest BCUT2D eigenvalue weighted by Crippen LogP contribution is 2.71. The van der Waals surface area contributed by atoms with E-state index in [1.165, 1.54) is 0 Å². The summed E-state index contributed by atoms with van der Waals surface area (Å²) in [5.74, 6) is -0.178. The Morgan fingerprint density at radius 3 is 2.32 bits per heavy atom. The van der Waals surface area contributed by atoms with Crippen molar-refractivity contribution in [3.8, 4) is 0 Å². The molecule has 0 amide bonds. The van der Waals surface area contributed by atoms with E-state index in [4.69, 9.17) is 18.9 Å². The van der Waals surface area contributed by atoms with Gasteiger partial charge >= 0.3 is 0 Å². The fraction of sp³-hybridized carbons (Fsp3) is 1.00. The van der Waals surface area contributed by atoms with Gasteiger partial charge in [0.2, 0.25) is 0 Å². The lowest BCUT2D eigenvalue weighted by Crippen LogP contribution is -2.73. The van der Waals surface area contributed by atoms with Crippen molar-refractivity contribution in [2.45, 2.75) is 87.9 Å². The Bertz CT molecular complexity index is 721. The van der Waals surface area contributed by atoms with Crippen molar-refractivity contribution >= 4 is 0 Å². The molecule has 3 unspecified atom stereocenters. The Hall–Kier alpha value is -0.320. The maximum atomic E-state index is 12.8. The van der Waals surface area contributed by atoms with Gasteiger partial charge in [-0.2, -0.15) is 0 Å². The van der Waals surface area contributed by atoms with E-state index in [-0.39, 0.29) is 35.8 Å². The maximum absolute atomic E-state index is 12.8. The molecule has 3 saturated carbocycles. The van der Waals surface area contributed by atoms with Gasteiger partial charge in [0.05, 0.1) is 43.2 Å². The molecule has 3 aliphatic carbocycles. The molecular weight excluding hydrogens is 438 g/mol. The summed E-state index contributed by atoms with van der Waals surface area (Å²) in [7, 11) is 6.82. The van der Waals surface area contributed by atoms with Gasteiger partial charge in [-0.25, -0.2) is 0 Å². The van der Waals surface area contributed by atoms with Gasteiger partial charge in [-0.1, -0.05) is 6.92 Å². The SMILES string of the molecule is CCCN1CC2(COC)CC[C@H](OC)[C@]34CC[C@H](COC)[C@@H](O)C[C@@](C)(O)C(O)(C13)[C@@H](OC)[C@H]24. The number of methoxy groups -OCH3 is 4. The summed E-state index contributed by atoms with van der Waals surface area (Å²) in [5.41, 5.74) is -3.83. The quantitative estimate of drug-likeness (QED) is 0.475. The average molecular weight is 486 g/mol. The highest BCUT2D eigenvalue weighted by molar-refractivity contribution is 5.33. The summed E-state index contributed by atoms with van der Waals surface area (Å²) in [6, 6.07) is -0.353. The molecular formula is C26H47NO7. The van der Waals surface area contributed by atoms with E-state index in [2.05, 4.69) is 11.8 Å². The van der Waals surface area contributed by atoms with E-state index in [0.29, 0.717) is 13.2 Å². The Kier molecular flexibility index (Phi) is 7.49. The second-order valence-corrected chi connectivity index (χ2v) is 11.8. The minimum absolute atomic E-state index is 0.0448. The lowest BCUT2D eigenvalue weighted by molar-refractivity contribution is -0.234. The molecule has 0 aromatic carbocycles. The topological polar surface area (TPSA) is 101 Å². The minimum Gasteiger partial charge on any atom is -0.393 e. The maximum Gasteiger partial charge on any atom is 0.135 e. The van der Waals surface area contributed by atoms with Crippen molar-refractivity contribution in [3.05, 3.63) is 0 Å². The second-order valence-electron chi connectivity index (χ2n) is 11.8. The number of likely N-dealkylation sites (tertiary alicyclic amines) is 1. The number of nitrogens with zero attached hydrogens (tertiary/aromatic N) is 1. The Balaban J connectivity index is 2.00. The molecule has 8 nitrogen and oxygen atoms in total. The summed E-state index contributed by atoms with van der Waals surface area (Å²) in [6.45, 7) is 6.43. The van der Waals surface area contributed by atoms with Gasteiger partial charge in [-0.05, 0) is 45.6 Å². The van der Waals surface area contributed by atoms with Gasteiger partial charge in [0.15, 0.2) is 0 Å². The van der Waals surface area contributed by atoms with Crippen LogP contribution in [0.15, 0.2) is 0 Å². The van der Waals surface area contributed by atoms with Gasteiger partial charge in [0.25, 0.3) is 0 Å². The largest absolute Gasteiger partial charge is 0.393 e. The van der Waals surface area contributed by atoms with Crippen molar-refractivity contribution in [2.75, 3.05) is 54.7 Å². The number of hydrogen-bond donors (Lipinski definition) is 3. The lowest BCUT2D eigenvalue weighted by Gasteiger charge is -2.64. The van der Waals surface area contributed by atoms with Crippen LogP contribution < -0.4 is 0 Å². The van der Waals surface area contributed by atoms with E-state index in [0.717, 1.165) is 45.2 Å². The first-order valence-corrected chi connectivity index (χ1v) is 13.0. The number of hydrogen-bond acceptors (Lipinski definition) is 8. The summed E-state index contributed by atoms with van der Waals surface area (Å²) in [6.07, 6.45) is 2.79. The van der Waals surface area contributed by atoms with E-state index in [9.17, 15) is 15.3 Å². The summed E-state index contributed by atoms with van der Waals surface area (Å²) in [5, 5.41) is 36.1. The molecule has 34 heavy (non-hydrogen) atoms. The van der Waals surface area contributed by atoms with E-state index in [1.807, 2.05) is 0 Å². The van der Waals surface area contributed by atoms with Crippen molar-refractivity contribution in [2.24, 2.45) is 22.7 Å². The standard InChI is InChI=1S/C26H47NO7/c1-7-12-27-15-24(16-32-4)10-9-19(33-5)25-11-8-17(14-31-3)18(28)13-23(2,29)26(30,22(25)27)21(34-6)20(24)25/h17-22,28-30H,7-16H2,1-6H3/t17-,18+,19+,20-,21+,22?,23-,24?,25+,26?/m1/s1. The van der Waals surface area contributed by atoms with Crippen LogP contribution in [0.4, 0.5) is 0 Å². The number of piperidine rings is 1. The average Bonchev–Trinajstić information content (AvgIpc) is 2.98. The van der Waals surface area contributed by atoms with Gasteiger partial charge in [-0.15, -0.1) is 0 Å². The molecule has 0 aromatic rings. The lowest BCUT2D eigenvalue weighted by atomic mass is 9.49. The van der Waals surface area contributed by atoms with Crippen LogP contribution in [0.25, 0.3) is 0 Å². The van der Waals surface area contributed by atoms with Crippen molar-refractivity contribution in [3.63, 3.8) is 0 Å². The smallest absolute Gasteiger partial charge is 0.135 e. The second kappa shape index (κ2) is 9.53. The first-order valence-electron chi connectivity index (χ1n) is 13.0. The van der Waals surface area contributed by atoms with Crippen molar-refractivity contribution in [1.29, 1.82) is 0 Å². The molecule has 4 fully saturated rings. The molecule has 3 N–H and O–H groups in total. The van der Waals surface area contributed by atoms with Gasteiger partial charge in [-0.3, -0.25) is 4.90 Å². The normalized spacial score (nSPS) is 51.1. The van der Waals surface area contributed by atoms with Crippen molar-refractivity contribution < 1.29 is 34.3 Å². The van der Waals surface area contributed by atoms with Crippen LogP contribution in [0.5, 0.6) is 0 Å². The van der Waals surface area contributed by atoms with Crippen LogP contribution >= 0.6 is 0 Å². The molecule has 8 heteroatoms. The molecule has 1 spiro atoms. The van der Waals surface area contributed by atoms with E-state index >= 15 is 0 Å². The minimum atomic E-state index is -1.58. The molecule has 1 heterocycles. The predicted octanol–water partition coefficient (Wildman–Crippen LogP) is 1.44. The third kappa shape index (κ3) is 3.47. The van der Waals surface area contributed by atoms with E-state index in [1.54, 1.807) is 35.4 Å². The van der Waals surface area contributed by atoms with Crippen LogP contribution in [-0.4, -0.2) is 111 Å². The number of aliphatic hydroxyl groups excluding tert-OH is 1. The molecule has 4 rings (SSSR count). The third-order valence-electron chi connectivity index (χ3n) is 10.1. The fourth-order valence-electron chi connectivity index (χ4n) is 9.14. The molecule has 0 radical (unpaired) electrons. The molecule has 5 bridgehead atoms. The zero-order valence-corrected chi connectivity index (χ0v) is 22.0. The summed E-state index contributed by atoms with van der Waals surface area (Å²) >= 11 is 0. The molecule has 10 atom stereocenters. The fourth-order valence-corrected chi connectivity index (χ4v) is 9.14. The zero-order chi connectivity index (χ0) is 24.9. The van der Waals surface area contributed by atoms with Crippen molar-refractivity contribution in [1.82, 2.24) is 4.90 Å². The first-order chi connectivity index (χ1) is 16.1. The summed E-state index contributed by atoms with van der Waals surface area (Å²) < 4.78 is 23.8. The van der Waals surface area contributed by atoms with Gasteiger partial charge in [0, 0.05) is 64.1 Å². The zero-order valence-electron chi connectivity index (χ0n) is 22.0. The predicted molar refractivity (Wildman–Crippen MR) is 128 cm³/mol. The number of ether oxygens (including phenoxy) is 4. The Morgan fingerprint density at radius 1 is 1.00 bits per heavy atom. The highest BCUT2D eigenvalue weighted by atomic mass is 16.5. The van der Waals surface area contributed by atoms with Crippen LogP contribution in [0.1, 0.15) is 52.4 Å². The van der Waals surface area contributed by atoms with Crippen LogP contribution in [0, 0.1) is 22.7 Å². The molecule has 0 aromatic heterocycles. The van der Waals surface area contributed by atoms with Crippen LogP contribution in [-0.2, 0) is 18.9 Å². The third-order valence-corrected chi connectivity index (χ3v) is 10.1. The molecule has 4 aliphatic rings. The summed E-state index contributed by atoms with van der Waals surface area (Å²) in [4.78, 5) is 2.40. The highest BCUT2D eigenvalue weighted by Gasteiger charge is 2.82. The van der Waals surface area contributed by atoms with Gasteiger partial charge in [0.1, 0.15) is 5.60 Å². The molecule has 198 valence electrons. The van der Waals surface area contributed by atoms with Crippen LogP contribution in [0.2, 0.25) is 0 Å². The monoisotopic (exact) mass is 485 g/mol. The number of rotatable bonds is 8. The van der Waals surface area contributed by atoms with Gasteiger partial charge < -0.3 is 34.3 Å². The van der Waals surface area contributed by atoms with Crippen LogP contribution in [0.3, 0.4) is 0 Å². The van der Waals surface area contributed by atoms with E-state index < -0.39 is 28.8 Å². The first kappa shape index (κ1) is 26.7. The molecule has 1 aliphatic heterocycles. The Labute approximate surface area is 204 Å². The number of aliphatic hydroxyl groups is 3. The molecule has 1 saturated heterocycles. The Morgan fingerprint density at radius 2 is 1.74 bits per heavy atom.